The van der Waals surface area contributed by atoms with Gasteiger partial charge in [0.25, 0.3) is 0 Å². The molecule has 0 unspecified atom stereocenters. The van der Waals surface area contributed by atoms with Crippen LogP contribution in [0, 0.1) is 5.92 Å². The van der Waals surface area contributed by atoms with Gasteiger partial charge in [-0.15, -0.1) is 0 Å². The number of hydrogen-bond acceptors (Lipinski definition) is 4. The molecule has 0 bridgehead atoms. The van der Waals surface area contributed by atoms with Crippen molar-refractivity contribution < 1.29 is 14.3 Å². The van der Waals surface area contributed by atoms with E-state index in [-0.39, 0.29) is 18.6 Å². The second-order valence-electron chi connectivity index (χ2n) is 5.04. The monoisotopic (exact) mass is 292 g/mol. The lowest BCUT2D eigenvalue weighted by atomic mass is 9.96. The normalized spacial score (nSPS) is 18.1. The van der Waals surface area contributed by atoms with Crippen LogP contribution in [0.15, 0.2) is 18.2 Å². The Labute approximate surface area is 122 Å². The molecule has 2 aliphatic rings. The number of ether oxygens (including phenoxy) is 2. The first kappa shape index (κ1) is 13.2. The van der Waals surface area contributed by atoms with Crippen molar-refractivity contribution in [2.24, 2.45) is 11.7 Å². The molecule has 5 nitrogen and oxygen atoms in total. The Morgan fingerprint density at radius 1 is 1.25 bits per heavy atom. The molecule has 0 aromatic heterocycles. The summed E-state index contributed by atoms with van der Waals surface area (Å²) in [5, 5.41) is 0. The predicted octanol–water partition coefficient (Wildman–Crippen LogP) is 1.29. The molecule has 6 heteroatoms. The van der Waals surface area contributed by atoms with Gasteiger partial charge in [-0.25, -0.2) is 0 Å². The number of rotatable bonds is 2. The van der Waals surface area contributed by atoms with Crippen LogP contribution in [-0.4, -0.2) is 35.7 Å². The van der Waals surface area contributed by atoms with Crippen molar-refractivity contribution >= 4 is 23.1 Å². The van der Waals surface area contributed by atoms with Crippen molar-refractivity contribution in [1.29, 1.82) is 0 Å². The third-order valence-electron chi connectivity index (χ3n) is 3.80. The maximum atomic E-state index is 11.2. The summed E-state index contributed by atoms with van der Waals surface area (Å²) in [5.41, 5.74) is 6.29. The molecule has 0 saturated carbocycles. The number of hydrogen-bond donors (Lipinski definition) is 1. The first-order valence-electron chi connectivity index (χ1n) is 6.63. The van der Waals surface area contributed by atoms with E-state index in [0.29, 0.717) is 0 Å². The van der Waals surface area contributed by atoms with Crippen LogP contribution in [0.5, 0.6) is 11.5 Å². The molecule has 20 heavy (non-hydrogen) atoms. The number of thiocarbonyl (C=S) groups is 1. The molecular formula is C14H16N2O3S. The highest BCUT2D eigenvalue weighted by Gasteiger charge is 2.25. The number of amides is 1. The van der Waals surface area contributed by atoms with E-state index in [4.69, 9.17) is 27.4 Å². The van der Waals surface area contributed by atoms with Crippen LogP contribution in [0.2, 0.25) is 0 Å². The molecular weight excluding hydrogens is 276 g/mol. The van der Waals surface area contributed by atoms with Crippen molar-refractivity contribution in [3.8, 4) is 11.5 Å². The van der Waals surface area contributed by atoms with E-state index in [1.54, 1.807) is 0 Å². The van der Waals surface area contributed by atoms with Crippen LogP contribution < -0.4 is 15.2 Å². The Kier molecular flexibility index (Phi) is 3.48. The molecule has 106 valence electrons. The van der Waals surface area contributed by atoms with Gasteiger partial charge in [0.2, 0.25) is 12.7 Å². The molecule has 2 aliphatic heterocycles. The van der Waals surface area contributed by atoms with E-state index < -0.39 is 0 Å². The Bertz CT molecular complexity index is 553. The molecule has 2 heterocycles. The van der Waals surface area contributed by atoms with Gasteiger partial charge in [0.1, 0.15) is 4.99 Å². The second kappa shape index (κ2) is 5.28. The molecule has 1 aromatic rings. The Balaban J connectivity index is 1.69. The third-order valence-corrected chi connectivity index (χ3v) is 4.30. The zero-order valence-corrected chi connectivity index (χ0v) is 11.8. The van der Waals surface area contributed by atoms with Gasteiger partial charge in [-0.2, -0.15) is 0 Å². The third kappa shape index (κ3) is 2.43. The van der Waals surface area contributed by atoms with Gasteiger partial charge in [-0.3, -0.25) is 4.79 Å². The molecule has 0 atom stereocenters. The number of carbonyl (C=O) groups excluding carboxylic acids is 1. The smallest absolute Gasteiger partial charge is 0.231 e. The van der Waals surface area contributed by atoms with E-state index in [9.17, 15) is 4.79 Å². The lowest BCUT2D eigenvalue weighted by molar-refractivity contribution is -0.122. The largest absolute Gasteiger partial charge is 0.454 e. The molecule has 0 spiro atoms. The zero-order chi connectivity index (χ0) is 14.1. The van der Waals surface area contributed by atoms with Crippen LogP contribution in [0.3, 0.4) is 0 Å². The highest BCUT2D eigenvalue weighted by molar-refractivity contribution is 7.80. The maximum Gasteiger partial charge on any atom is 0.231 e. The minimum atomic E-state index is -0.210. The maximum absolute atomic E-state index is 11.2. The highest BCUT2D eigenvalue weighted by Crippen LogP contribution is 2.33. The minimum Gasteiger partial charge on any atom is -0.454 e. The second-order valence-corrected chi connectivity index (χ2v) is 5.42. The van der Waals surface area contributed by atoms with Crippen molar-refractivity contribution in [2.75, 3.05) is 19.9 Å². The lowest BCUT2D eigenvalue weighted by Gasteiger charge is -2.32. The van der Waals surface area contributed by atoms with E-state index in [0.717, 1.165) is 48.0 Å². The fourth-order valence-electron chi connectivity index (χ4n) is 2.58. The van der Waals surface area contributed by atoms with Gasteiger partial charge < -0.3 is 20.1 Å². The van der Waals surface area contributed by atoms with E-state index in [2.05, 4.69) is 4.90 Å². The number of piperidine rings is 1. The van der Waals surface area contributed by atoms with Gasteiger partial charge in [0.15, 0.2) is 11.5 Å². The Hall–Kier alpha value is -1.82. The summed E-state index contributed by atoms with van der Waals surface area (Å²) in [7, 11) is 0. The van der Waals surface area contributed by atoms with E-state index in [1.165, 1.54) is 0 Å². The van der Waals surface area contributed by atoms with Crippen LogP contribution in [0.1, 0.15) is 18.4 Å². The number of carbonyl (C=O) groups is 1. The molecule has 1 saturated heterocycles. The Morgan fingerprint density at radius 2 is 1.95 bits per heavy atom. The predicted molar refractivity (Wildman–Crippen MR) is 77.8 cm³/mol. The summed E-state index contributed by atoms with van der Waals surface area (Å²) in [5.74, 6) is 1.25. The molecule has 2 N–H and O–H groups in total. The first-order chi connectivity index (χ1) is 9.65. The number of benzene rings is 1. The van der Waals surface area contributed by atoms with Crippen molar-refractivity contribution in [3.05, 3.63) is 23.8 Å². The minimum absolute atomic E-state index is 0.0224. The molecule has 1 aromatic carbocycles. The van der Waals surface area contributed by atoms with E-state index in [1.807, 2.05) is 18.2 Å². The lowest BCUT2D eigenvalue weighted by Crippen LogP contribution is -2.41. The van der Waals surface area contributed by atoms with Gasteiger partial charge >= 0.3 is 0 Å². The molecule has 3 rings (SSSR count). The van der Waals surface area contributed by atoms with Crippen LogP contribution in [0.4, 0.5) is 0 Å². The number of likely N-dealkylation sites (tertiary alicyclic amines) is 1. The van der Waals surface area contributed by atoms with Crippen LogP contribution in [0.25, 0.3) is 0 Å². The van der Waals surface area contributed by atoms with Gasteiger partial charge in [-0.1, -0.05) is 12.2 Å². The first-order valence-corrected chi connectivity index (χ1v) is 7.04. The molecule has 1 amide bonds. The topological polar surface area (TPSA) is 64.8 Å². The molecule has 0 aliphatic carbocycles. The average Bonchev–Trinajstić information content (AvgIpc) is 2.94. The number of nitrogens with zero attached hydrogens (tertiary/aromatic N) is 1. The van der Waals surface area contributed by atoms with Crippen molar-refractivity contribution in [1.82, 2.24) is 4.90 Å². The average molecular weight is 292 g/mol. The molecule has 0 radical (unpaired) electrons. The fourth-order valence-corrected chi connectivity index (χ4v) is 2.89. The summed E-state index contributed by atoms with van der Waals surface area (Å²) in [4.78, 5) is 14.1. The summed E-state index contributed by atoms with van der Waals surface area (Å²) >= 11 is 5.53. The summed E-state index contributed by atoms with van der Waals surface area (Å²) in [6, 6.07) is 5.72. The Morgan fingerprint density at radius 3 is 2.65 bits per heavy atom. The molecule has 1 fully saturated rings. The number of nitrogens with two attached hydrogens (primary N) is 1. The highest BCUT2D eigenvalue weighted by atomic mass is 32.1. The van der Waals surface area contributed by atoms with Crippen molar-refractivity contribution in [2.45, 2.75) is 12.8 Å². The quantitative estimate of drug-likeness (QED) is 0.832. The van der Waals surface area contributed by atoms with Gasteiger partial charge in [0, 0.05) is 24.6 Å². The van der Waals surface area contributed by atoms with Crippen LogP contribution in [-0.2, 0) is 4.79 Å². The van der Waals surface area contributed by atoms with Gasteiger partial charge in [0.05, 0.1) is 0 Å². The number of primary amides is 1. The zero-order valence-electron chi connectivity index (χ0n) is 11.0. The summed E-state index contributed by atoms with van der Waals surface area (Å²) in [6.07, 6.45) is 1.53. The fraction of sp³-hybridized carbons (Fsp3) is 0.429. The van der Waals surface area contributed by atoms with Crippen LogP contribution >= 0.6 is 12.2 Å². The van der Waals surface area contributed by atoms with E-state index >= 15 is 0 Å². The van der Waals surface area contributed by atoms with Gasteiger partial charge in [-0.05, 0) is 31.0 Å². The van der Waals surface area contributed by atoms with Crippen molar-refractivity contribution in [3.63, 3.8) is 0 Å². The summed E-state index contributed by atoms with van der Waals surface area (Å²) < 4.78 is 10.7. The SMILES string of the molecule is NC(=O)C1CCN(C(=S)c2ccc3c(c2)OCO3)CC1. The summed E-state index contributed by atoms with van der Waals surface area (Å²) in [6.45, 7) is 1.79. The standard InChI is InChI=1S/C14H16N2O3S/c15-13(17)9-3-5-16(6-4-9)14(20)10-1-2-11-12(7-10)19-8-18-11/h1-2,7,9H,3-6,8H2,(H2,15,17). The number of fused-ring (bicyclic) bond motifs is 1.